The van der Waals surface area contributed by atoms with Gasteiger partial charge < -0.3 is 5.73 Å². The molecule has 2 N–H and O–H groups in total. The molecule has 0 unspecified atom stereocenters. The van der Waals surface area contributed by atoms with Gasteiger partial charge in [-0.1, -0.05) is 15.9 Å². The molecule has 0 aliphatic rings. The molecule has 0 aliphatic carbocycles. The van der Waals surface area contributed by atoms with Gasteiger partial charge in [-0.2, -0.15) is 0 Å². The van der Waals surface area contributed by atoms with Gasteiger partial charge in [0, 0.05) is 10.2 Å². The fraction of sp³-hybridized carbons (Fsp3) is 0.0769. The highest BCUT2D eigenvalue weighted by Gasteiger charge is 2.06. The summed E-state index contributed by atoms with van der Waals surface area (Å²) in [5.74, 6) is 0. The van der Waals surface area contributed by atoms with Crippen LogP contribution in [0.3, 0.4) is 0 Å². The lowest BCUT2D eigenvalue weighted by Crippen LogP contribution is -2.20. The molecule has 0 amide bonds. The highest BCUT2D eigenvalue weighted by molar-refractivity contribution is 9.10. The maximum Gasteiger partial charge on any atom is 0.262 e. The molecule has 3 aromatic rings. The van der Waals surface area contributed by atoms with E-state index < -0.39 is 0 Å². The van der Waals surface area contributed by atoms with Crippen molar-refractivity contribution in [3.63, 3.8) is 0 Å². The van der Waals surface area contributed by atoms with E-state index in [0.717, 1.165) is 14.9 Å². The first kappa shape index (κ1) is 12.4. The average Bonchev–Trinajstić information content (AvgIpc) is 2.80. The van der Waals surface area contributed by atoms with E-state index in [2.05, 4.69) is 20.9 Å². The highest BCUT2D eigenvalue weighted by atomic mass is 79.9. The Labute approximate surface area is 121 Å². The summed E-state index contributed by atoms with van der Waals surface area (Å²) in [5, 5.41) is 2.54. The molecule has 19 heavy (non-hydrogen) atoms. The van der Waals surface area contributed by atoms with Gasteiger partial charge in [-0.05, 0) is 35.2 Å². The molecule has 6 heteroatoms. The van der Waals surface area contributed by atoms with Crippen LogP contribution in [0.5, 0.6) is 0 Å². The molecule has 0 fully saturated rings. The molecular formula is C13H10BrN3OS. The van der Waals surface area contributed by atoms with Crippen LogP contribution in [-0.4, -0.2) is 9.55 Å². The minimum atomic E-state index is -0.0233. The van der Waals surface area contributed by atoms with E-state index in [4.69, 9.17) is 5.73 Å². The van der Waals surface area contributed by atoms with Gasteiger partial charge in [0.1, 0.15) is 4.83 Å². The third-order valence-electron chi connectivity index (χ3n) is 2.78. The van der Waals surface area contributed by atoms with E-state index in [0.29, 0.717) is 17.6 Å². The Morgan fingerprint density at radius 1 is 1.37 bits per heavy atom. The summed E-state index contributed by atoms with van der Waals surface area (Å²) in [7, 11) is 0. The van der Waals surface area contributed by atoms with Gasteiger partial charge in [0.25, 0.3) is 5.56 Å². The molecule has 2 heterocycles. The van der Waals surface area contributed by atoms with E-state index >= 15 is 0 Å². The molecular weight excluding hydrogens is 326 g/mol. The molecule has 0 saturated carbocycles. The van der Waals surface area contributed by atoms with Crippen molar-refractivity contribution >= 4 is 43.2 Å². The first-order valence-electron chi connectivity index (χ1n) is 5.61. The second-order valence-electron chi connectivity index (χ2n) is 4.21. The topological polar surface area (TPSA) is 60.9 Å². The number of hydrogen-bond acceptors (Lipinski definition) is 4. The molecule has 1 aromatic carbocycles. The van der Waals surface area contributed by atoms with E-state index in [1.165, 1.54) is 11.3 Å². The smallest absolute Gasteiger partial charge is 0.262 e. The summed E-state index contributed by atoms with van der Waals surface area (Å²) < 4.78 is 2.50. The maximum atomic E-state index is 12.3. The molecule has 0 aliphatic heterocycles. The van der Waals surface area contributed by atoms with Crippen molar-refractivity contribution < 1.29 is 0 Å². The number of aromatic nitrogens is 2. The normalized spacial score (nSPS) is 11.0. The fourth-order valence-corrected chi connectivity index (χ4v) is 3.25. The number of halogens is 1. The van der Waals surface area contributed by atoms with Gasteiger partial charge in [-0.15, -0.1) is 11.3 Å². The van der Waals surface area contributed by atoms with Gasteiger partial charge in [0.2, 0.25) is 0 Å². The standard InChI is InChI=1S/C13H10BrN3OS/c14-9-3-8(4-10(15)5-9)6-17-7-16-12-11(13(17)18)1-2-19-12/h1-5,7H,6,15H2. The van der Waals surface area contributed by atoms with Gasteiger partial charge in [-0.3, -0.25) is 9.36 Å². The fourth-order valence-electron chi connectivity index (χ4n) is 1.97. The summed E-state index contributed by atoms with van der Waals surface area (Å²) in [6.45, 7) is 0.460. The van der Waals surface area contributed by atoms with Crippen LogP contribution in [-0.2, 0) is 6.54 Å². The van der Waals surface area contributed by atoms with Crippen molar-refractivity contribution in [3.05, 3.63) is 56.4 Å². The van der Waals surface area contributed by atoms with Crippen LogP contribution >= 0.6 is 27.3 Å². The van der Waals surface area contributed by atoms with Gasteiger partial charge >= 0.3 is 0 Å². The predicted molar refractivity (Wildman–Crippen MR) is 81.5 cm³/mol. The zero-order valence-corrected chi connectivity index (χ0v) is 12.2. The molecule has 0 radical (unpaired) electrons. The lowest BCUT2D eigenvalue weighted by Gasteiger charge is -2.07. The summed E-state index contributed by atoms with van der Waals surface area (Å²) in [5.41, 5.74) is 7.40. The van der Waals surface area contributed by atoms with E-state index in [1.54, 1.807) is 17.0 Å². The highest BCUT2D eigenvalue weighted by Crippen LogP contribution is 2.18. The minimum Gasteiger partial charge on any atom is -0.399 e. The van der Waals surface area contributed by atoms with Gasteiger partial charge in [0.05, 0.1) is 18.3 Å². The van der Waals surface area contributed by atoms with Crippen LogP contribution in [0.2, 0.25) is 0 Å². The van der Waals surface area contributed by atoms with Crippen molar-refractivity contribution in [3.8, 4) is 0 Å². The number of anilines is 1. The summed E-state index contributed by atoms with van der Waals surface area (Å²) >= 11 is 4.87. The zero-order chi connectivity index (χ0) is 13.4. The SMILES string of the molecule is Nc1cc(Br)cc(Cn2cnc3sccc3c2=O)c1. The Morgan fingerprint density at radius 3 is 3.00 bits per heavy atom. The van der Waals surface area contributed by atoms with Crippen LogP contribution in [0.25, 0.3) is 10.2 Å². The monoisotopic (exact) mass is 335 g/mol. The Bertz CT molecular complexity index is 789. The number of thiophene rings is 1. The van der Waals surface area contributed by atoms with Crippen LogP contribution < -0.4 is 11.3 Å². The second kappa shape index (κ2) is 4.79. The van der Waals surface area contributed by atoms with Crippen LogP contribution in [0.15, 0.2) is 45.2 Å². The number of fused-ring (bicyclic) bond motifs is 1. The summed E-state index contributed by atoms with van der Waals surface area (Å²) in [6.07, 6.45) is 1.58. The second-order valence-corrected chi connectivity index (χ2v) is 6.02. The average molecular weight is 336 g/mol. The Balaban J connectivity index is 2.05. The van der Waals surface area contributed by atoms with Crippen molar-refractivity contribution in [2.24, 2.45) is 0 Å². The third kappa shape index (κ3) is 2.41. The molecule has 3 rings (SSSR count). The van der Waals surface area contributed by atoms with E-state index in [9.17, 15) is 4.79 Å². The first-order chi connectivity index (χ1) is 9.13. The van der Waals surface area contributed by atoms with Crippen molar-refractivity contribution in [1.82, 2.24) is 9.55 Å². The molecule has 96 valence electrons. The number of benzene rings is 1. The van der Waals surface area contributed by atoms with Crippen molar-refractivity contribution in [2.75, 3.05) is 5.73 Å². The predicted octanol–water partition coefficient (Wildman–Crippen LogP) is 2.85. The number of hydrogen-bond donors (Lipinski definition) is 1. The molecule has 0 atom stereocenters. The Morgan fingerprint density at radius 2 is 2.21 bits per heavy atom. The lowest BCUT2D eigenvalue weighted by atomic mass is 10.2. The quantitative estimate of drug-likeness (QED) is 0.732. The van der Waals surface area contributed by atoms with Crippen LogP contribution in [0.1, 0.15) is 5.56 Å². The maximum absolute atomic E-state index is 12.3. The van der Waals surface area contributed by atoms with Gasteiger partial charge in [0.15, 0.2) is 0 Å². The minimum absolute atomic E-state index is 0.0233. The third-order valence-corrected chi connectivity index (χ3v) is 4.06. The number of nitrogen functional groups attached to an aromatic ring is 1. The summed E-state index contributed by atoms with van der Waals surface area (Å²) in [4.78, 5) is 17.3. The van der Waals surface area contributed by atoms with Gasteiger partial charge in [-0.25, -0.2) is 4.98 Å². The molecule has 0 bridgehead atoms. The zero-order valence-electron chi connectivity index (χ0n) is 9.84. The largest absolute Gasteiger partial charge is 0.399 e. The number of rotatable bonds is 2. The Hall–Kier alpha value is -1.66. The van der Waals surface area contributed by atoms with E-state index in [1.807, 2.05) is 23.6 Å². The van der Waals surface area contributed by atoms with Crippen LogP contribution in [0, 0.1) is 0 Å². The molecule has 4 nitrogen and oxygen atoms in total. The molecule has 0 spiro atoms. The lowest BCUT2D eigenvalue weighted by molar-refractivity contribution is 0.749. The van der Waals surface area contributed by atoms with Crippen molar-refractivity contribution in [1.29, 1.82) is 0 Å². The molecule has 0 saturated heterocycles. The van der Waals surface area contributed by atoms with E-state index in [-0.39, 0.29) is 5.56 Å². The summed E-state index contributed by atoms with van der Waals surface area (Å²) in [6, 6.07) is 7.43. The molecule has 2 aromatic heterocycles. The van der Waals surface area contributed by atoms with Crippen LogP contribution in [0.4, 0.5) is 5.69 Å². The number of nitrogens with zero attached hydrogens (tertiary/aromatic N) is 2. The van der Waals surface area contributed by atoms with Crippen molar-refractivity contribution in [2.45, 2.75) is 6.54 Å². The number of nitrogens with two attached hydrogens (primary N) is 1. The Kier molecular flexibility index (Phi) is 3.12. The first-order valence-corrected chi connectivity index (χ1v) is 7.28.